The summed E-state index contributed by atoms with van der Waals surface area (Å²) in [6, 6.07) is 2.01. The molecule has 0 unspecified atom stereocenters. The average molecular weight is 277 g/mol. The highest BCUT2D eigenvalue weighted by Crippen LogP contribution is 2.37. The summed E-state index contributed by atoms with van der Waals surface area (Å²) in [6.07, 6.45) is 0.796. The fourth-order valence-corrected chi connectivity index (χ4v) is 2.55. The second-order valence-electron chi connectivity index (χ2n) is 4.39. The number of aromatic nitrogens is 1. The average Bonchev–Trinajstić information content (AvgIpc) is 2.83. The minimum Gasteiger partial charge on any atom is -0.391 e. The van der Waals surface area contributed by atoms with Crippen molar-refractivity contribution in [2.45, 2.75) is 25.9 Å². The molecule has 0 radical (unpaired) electrons. The number of nitriles is 1. The molecular weight excluding hydrogens is 264 g/mol. The first-order chi connectivity index (χ1) is 9.12. The van der Waals surface area contributed by atoms with Gasteiger partial charge in [0.2, 0.25) is 5.69 Å². The van der Waals surface area contributed by atoms with E-state index in [1.807, 2.05) is 17.9 Å². The Morgan fingerprint density at radius 2 is 2.42 bits per heavy atom. The number of anilines is 1. The zero-order valence-electron chi connectivity index (χ0n) is 10.5. The Hall–Kier alpha value is -1.82. The summed E-state index contributed by atoms with van der Waals surface area (Å²) in [5.41, 5.74) is 1.28. The molecule has 98 valence electrons. The second-order valence-corrected chi connectivity index (χ2v) is 4.75. The number of nitrogens with zero attached hydrogens (tertiary/aromatic N) is 4. The van der Waals surface area contributed by atoms with Crippen molar-refractivity contribution in [2.24, 2.45) is 0 Å². The van der Waals surface area contributed by atoms with Crippen LogP contribution in [0.5, 0.6) is 0 Å². The molecule has 5 nitrogen and oxygen atoms in total. The molecule has 1 aliphatic rings. The number of aliphatic hydroxyl groups excluding tert-OH is 1. The van der Waals surface area contributed by atoms with Gasteiger partial charge < -0.3 is 10.0 Å². The summed E-state index contributed by atoms with van der Waals surface area (Å²) in [5, 5.41) is 18.8. The first-order valence-electron chi connectivity index (χ1n) is 6.05. The topological polar surface area (TPSA) is 64.5 Å². The monoisotopic (exact) mass is 276 g/mol. The lowest BCUT2D eigenvalue weighted by Gasteiger charge is -2.20. The van der Waals surface area contributed by atoms with Crippen LogP contribution in [0.3, 0.4) is 0 Å². The highest BCUT2D eigenvalue weighted by Gasteiger charge is 2.27. The van der Waals surface area contributed by atoms with Gasteiger partial charge in [-0.15, -0.1) is 0 Å². The molecule has 0 saturated carbocycles. The van der Waals surface area contributed by atoms with Crippen LogP contribution in [0.15, 0.2) is 0 Å². The van der Waals surface area contributed by atoms with Crippen LogP contribution in [0, 0.1) is 17.9 Å². The number of hydrogen-bond acceptors (Lipinski definition) is 4. The van der Waals surface area contributed by atoms with E-state index in [-0.39, 0.29) is 10.7 Å². The Labute approximate surface area is 116 Å². The molecule has 2 heterocycles. The Balaban J connectivity index is 2.60. The smallest absolute Gasteiger partial charge is 0.232 e. The van der Waals surface area contributed by atoms with Gasteiger partial charge in [-0.25, -0.2) is 9.83 Å². The largest absolute Gasteiger partial charge is 0.391 e. The van der Waals surface area contributed by atoms with Crippen molar-refractivity contribution in [3.8, 4) is 6.07 Å². The molecular formula is C13H13ClN4O. The number of aliphatic hydroxyl groups is 1. The lowest BCUT2D eigenvalue weighted by Crippen LogP contribution is -2.23. The van der Waals surface area contributed by atoms with Gasteiger partial charge in [0, 0.05) is 13.1 Å². The van der Waals surface area contributed by atoms with Crippen molar-refractivity contribution in [3.63, 3.8) is 0 Å². The predicted octanol–water partition coefficient (Wildman–Crippen LogP) is 2.29. The van der Waals surface area contributed by atoms with E-state index in [1.54, 1.807) is 0 Å². The molecule has 0 aliphatic carbocycles. The van der Waals surface area contributed by atoms with Crippen LogP contribution in [0.25, 0.3) is 4.85 Å². The van der Waals surface area contributed by atoms with Gasteiger partial charge in [0.15, 0.2) is 0 Å². The van der Waals surface area contributed by atoms with Crippen molar-refractivity contribution >= 4 is 23.1 Å². The first kappa shape index (κ1) is 13.6. The molecule has 2 rings (SSSR count). The maximum Gasteiger partial charge on any atom is 0.232 e. The fraction of sp³-hybridized carbons (Fsp3) is 0.462. The quantitative estimate of drug-likeness (QED) is 0.665. The van der Waals surface area contributed by atoms with Gasteiger partial charge in [0.25, 0.3) is 0 Å². The molecule has 1 aromatic rings. The predicted molar refractivity (Wildman–Crippen MR) is 72.4 cm³/mol. The van der Waals surface area contributed by atoms with Crippen LogP contribution >= 0.6 is 11.6 Å². The van der Waals surface area contributed by atoms with Gasteiger partial charge in [-0.2, -0.15) is 5.26 Å². The SMILES string of the molecule is [C-]#[N+]c1c(N2CC[C@@H](O)C2)nc(Cl)c(C#N)c1CC. The highest BCUT2D eigenvalue weighted by molar-refractivity contribution is 6.31. The third-order valence-corrected chi connectivity index (χ3v) is 3.52. The van der Waals surface area contributed by atoms with Gasteiger partial charge >= 0.3 is 0 Å². The van der Waals surface area contributed by atoms with Crippen LogP contribution in [-0.2, 0) is 6.42 Å². The van der Waals surface area contributed by atoms with E-state index in [2.05, 4.69) is 9.83 Å². The minimum absolute atomic E-state index is 0.128. The van der Waals surface area contributed by atoms with Crippen molar-refractivity contribution in [2.75, 3.05) is 18.0 Å². The van der Waals surface area contributed by atoms with Gasteiger partial charge in [0.1, 0.15) is 17.0 Å². The summed E-state index contributed by atoms with van der Waals surface area (Å²) in [6.45, 7) is 10.3. The zero-order chi connectivity index (χ0) is 14.0. The zero-order valence-corrected chi connectivity index (χ0v) is 11.3. The Bertz CT molecular complexity index is 588. The second kappa shape index (κ2) is 5.44. The summed E-state index contributed by atoms with van der Waals surface area (Å²) in [5.74, 6) is 0.479. The first-order valence-corrected chi connectivity index (χ1v) is 6.43. The van der Waals surface area contributed by atoms with Crippen LogP contribution in [0.1, 0.15) is 24.5 Å². The Morgan fingerprint density at radius 1 is 1.68 bits per heavy atom. The molecule has 1 fully saturated rings. The third-order valence-electron chi connectivity index (χ3n) is 3.25. The molecule has 0 aromatic carbocycles. The van der Waals surface area contributed by atoms with E-state index < -0.39 is 6.10 Å². The summed E-state index contributed by atoms with van der Waals surface area (Å²) < 4.78 is 0. The van der Waals surface area contributed by atoms with Crippen LogP contribution in [0.4, 0.5) is 11.5 Å². The van der Waals surface area contributed by atoms with Gasteiger partial charge in [-0.05, 0) is 18.4 Å². The third kappa shape index (κ3) is 2.35. The van der Waals surface area contributed by atoms with Crippen LogP contribution in [0.2, 0.25) is 5.15 Å². The van der Waals surface area contributed by atoms with Crippen molar-refractivity contribution in [1.29, 1.82) is 5.26 Å². The number of rotatable bonds is 2. The summed E-state index contributed by atoms with van der Waals surface area (Å²) >= 11 is 6.03. The standard InChI is InChI=1S/C13H13ClN4O/c1-3-9-10(6-15)12(14)17-13(11(9)16-2)18-5-4-8(19)7-18/h8,19H,3-5,7H2,1H3/t8-/m1/s1. The summed E-state index contributed by atoms with van der Waals surface area (Å²) in [4.78, 5) is 9.55. The van der Waals surface area contributed by atoms with Gasteiger partial charge in [0.05, 0.1) is 18.2 Å². The molecule has 0 amide bonds. The normalized spacial score (nSPS) is 18.2. The maximum atomic E-state index is 9.59. The van der Waals surface area contributed by atoms with Crippen LogP contribution in [-0.4, -0.2) is 29.3 Å². The molecule has 1 saturated heterocycles. The van der Waals surface area contributed by atoms with E-state index in [9.17, 15) is 5.11 Å². The molecule has 19 heavy (non-hydrogen) atoms. The number of halogens is 1. The van der Waals surface area contributed by atoms with E-state index in [4.69, 9.17) is 23.4 Å². The van der Waals surface area contributed by atoms with Gasteiger partial charge in [-0.1, -0.05) is 18.5 Å². The highest BCUT2D eigenvalue weighted by atomic mass is 35.5. The number of hydrogen-bond donors (Lipinski definition) is 1. The lowest BCUT2D eigenvalue weighted by molar-refractivity contribution is 0.198. The van der Waals surface area contributed by atoms with Gasteiger partial charge in [-0.3, -0.25) is 0 Å². The van der Waals surface area contributed by atoms with Crippen molar-refractivity contribution in [3.05, 3.63) is 27.7 Å². The molecule has 0 spiro atoms. The van der Waals surface area contributed by atoms with E-state index in [0.29, 0.717) is 43.0 Å². The Kier molecular flexibility index (Phi) is 3.90. The van der Waals surface area contributed by atoms with Crippen molar-refractivity contribution in [1.82, 2.24) is 4.98 Å². The molecule has 0 bridgehead atoms. The molecule has 6 heteroatoms. The van der Waals surface area contributed by atoms with E-state index in [0.717, 1.165) is 0 Å². The lowest BCUT2D eigenvalue weighted by atomic mass is 10.1. The Morgan fingerprint density at radius 3 is 2.89 bits per heavy atom. The fourth-order valence-electron chi connectivity index (χ4n) is 2.31. The summed E-state index contributed by atoms with van der Waals surface area (Å²) in [7, 11) is 0. The minimum atomic E-state index is -0.403. The molecule has 1 atom stereocenters. The van der Waals surface area contributed by atoms with Crippen LogP contribution < -0.4 is 4.90 Å². The molecule has 1 aliphatic heterocycles. The van der Waals surface area contributed by atoms with E-state index >= 15 is 0 Å². The van der Waals surface area contributed by atoms with E-state index in [1.165, 1.54) is 0 Å². The number of β-amino-alcohol motifs (C(OH)–C–C–N with tert-alkyl or cyclic N) is 1. The molecule has 1 aromatic heterocycles. The maximum absolute atomic E-state index is 9.59. The molecule has 1 N–H and O–H groups in total. The van der Waals surface area contributed by atoms with Crippen molar-refractivity contribution < 1.29 is 5.11 Å². The number of pyridine rings is 1.